The zero-order valence-corrected chi connectivity index (χ0v) is 16.1. The summed E-state index contributed by atoms with van der Waals surface area (Å²) in [4.78, 5) is 41.9. The predicted molar refractivity (Wildman–Crippen MR) is 99.4 cm³/mol. The Bertz CT molecular complexity index is 810. The first kappa shape index (κ1) is 18.2. The number of carbonyl (C=O) groups excluding carboxylic acids is 2. The van der Waals surface area contributed by atoms with Crippen molar-refractivity contribution in [1.29, 1.82) is 0 Å². The maximum atomic E-state index is 13.5. The number of rotatable bonds is 1. The van der Waals surface area contributed by atoms with E-state index in [4.69, 9.17) is 4.74 Å². The average molecular weight is 373 g/mol. The Kier molecular flexibility index (Phi) is 4.58. The fraction of sp³-hybridized carbons (Fsp3) is 0.650. The molecule has 7 heteroatoms. The number of ether oxygens (including phenoxy) is 1. The van der Waals surface area contributed by atoms with Crippen LogP contribution in [0.15, 0.2) is 23.0 Å². The van der Waals surface area contributed by atoms with Gasteiger partial charge in [-0.3, -0.25) is 19.0 Å². The van der Waals surface area contributed by atoms with Crippen molar-refractivity contribution >= 4 is 11.8 Å². The van der Waals surface area contributed by atoms with Crippen molar-refractivity contribution in [2.45, 2.75) is 51.4 Å². The minimum absolute atomic E-state index is 0.0243. The molecular weight excluding hydrogens is 346 g/mol. The van der Waals surface area contributed by atoms with Gasteiger partial charge in [0.1, 0.15) is 6.04 Å². The SMILES string of the molecule is CC(=O)N1C[C@H]2C[C@@H](C1)[C@H](C(=O)N1C[C@@H](C)O[C@@H](C)C1)n1c2cccc1=O. The number of aromatic nitrogens is 1. The minimum atomic E-state index is -0.551. The first-order valence-corrected chi connectivity index (χ1v) is 9.76. The number of carbonyl (C=O) groups is 2. The average Bonchev–Trinajstić information content (AvgIpc) is 2.61. The van der Waals surface area contributed by atoms with Gasteiger partial charge in [0.25, 0.3) is 5.56 Å². The molecule has 0 aromatic carbocycles. The van der Waals surface area contributed by atoms with Crippen molar-refractivity contribution in [1.82, 2.24) is 14.4 Å². The van der Waals surface area contributed by atoms with Gasteiger partial charge in [-0.05, 0) is 26.3 Å². The molecule has 7 nitrogen and oxygen atoms in total. The van der Waals surface area contributed by atoms with E-state index in [2.05, 4.69) is 0 Å². The standard InChI is InChI=1S/C20H27N3O4/c1-12-8-22(9-13(2)27-12)20(26)19-16-7-15(10-21(11-16)14(3)24)17-5-4-6-18(25)23(17)19/h4-6,12-13,15-16,19H,7-11H2,1-3H3/t12-,13+,15-,16+,19-/m1/s1. The summed E-state index contributed by atoms with van der Waals surface area (Å²) in [6, 6.07) is 4.65. The first-order chi connectivity index (χ1) is 12.8. The fourth-order valence-corrected chi connectivity index (χ4v) is 5.05. The van der Waals surface area contributed by atoms with Crippen LogP contribution >= 0.6 is 0 Å². The van der Waals surface area contributed by atoms with Crippen LogP contribution in [0.4, 0.5) is 0 Å². The Morgan fingerprint density at radius 1 is 1.04 bits per heavy atom. The van der Waals surface area contributed by atoms with Gasteiger partial charge >= 0.3 is 0 Å². The van der Waals surface area contributed by atoms with Crippen molar-refractivity contribution in [3.8, 4) is 0 Å². The lowest BCUT2D eigenvalue weighted by Gasteiger charge is -2.47. The van der Waals surface area contributed by atoms with E-state index in [1.165, 1.54) is 6.07 Å². The molecule has 3 aliphatic rings. The maximum absolute atomic E-state index is 13.5. The zero-order valence-electron chi connectivity index (χ0n) is 16.1. The summed E-state index contributed by atoms with van der Waals surface area (Å²) < 4.78 is 7.46. The summed E-state index contributed by atoms with van der Waals surface area (Å²) in [6.07, 6.45) is 0.779. The van der Waals surface area contributed by atoms with Gasteiger partial charge in [-0.1, -0.05) is 6.07 Å². The predicted octanol–water partition coefficient (Wildman–Crippen LogP) is 0.991. The topological polar surface area (TPSA) is 71.9 Å². The molecule has 4 rings (SSSR count). The lowest BCUT2D eigenvalue weighted by molar-refractivity contribution is -0.151. The first-order valence-electron chi connectivity index (χ1n) is 9.76. The molecule has 0 aliphatic carbocycles. The summed E-state index contributed by atoms with van der Waals surface area (Å²) in [5.74, 6) is 0.0611. The van der Waals surface area contributed by atoms with E-state index in [9.17, 15) is 14.4 Å². The summed E-state index contributed by atoms with van der Waals surface area (Å²) >= 11 is 0. The smallest absolute Gasteiger partial charge is 0.251 e. The van der Waals surface area contributed by atoms with Gasteiger partial charge in [-0.25, -0.2) is 0 Å². The van der Waals surface area contributed by atoms with Crippen LogP contribution < -0.4 is 5.56 Å². The Labute approximate surface area is 158 Å². The zero-order chi connectivity index (χ0) is 19.3. The summed E-state index contributed by atoms with van der Waals surface area (Å²) in [5, 5.41) is 0. The van der Waals surface area contributed by atoms with Crippen molar-refractivity contribution < 1.29 is 14.3 Å². The van der Waals surface area contributed by atoms with Crippen LogP contribution in [0.1, 0.15) is 44.8 Å². The molecule has 1 aromatic heterocycles. The van der Waals surface area contributed by atoms with E-state index in [0.29, 0.717) is 26.2 Å². The number of amides is 2. The van der Waals surface area contributed by atoms with E-state index in [1.54, 1.807) is 17.6 Å². The summed E-state index contributed by atoms with van der Waals surface area (Å²) in [5.41, 5.74) is 0.739. The minimum Gasteiger partial charge on any atom is -0.372 e. The van der Waals surface area contributed by atoms with E-state index >= 15 is 0 Å². The Hall–Kier alpha value is -2.15. The maximum Gasteiger partial charge on any atom is 0.251 e. The largest absolute Gasteiger partial charge is 0.372 e. The van der Waals surface area contributed by atoms with Gasteiger partial charge in [-0.2, -0.15) is 0 Å². The molecule has 5 atom stereocenters. The van der Waals surface area contributed by atoms with Crippen LogP contribution in [0.2, 0.25) is 0 Å². The second-order valence-electron chi connectivity index (χ2n) is 8.22. The van der Waals surface area contributed by atoms with Crippen molar-refractivity contribution in [2.24, 2.45) is 5.92 Å². The van der Waals surface area contributed by atoms with Gasteiger partial charge in [0, 0.05) is 56.7 Å². The van der Waals surface area contributed by atoms with Gasteiger partial charge in [-0.15, -0.1) is 0 Å². The third kappa shape index (κ3) is 3.18. The normalized spacial score (nSPS) is 32.8. The fourth-order valence-electron chi connectivity index (χ4n) is 5.05. The molecular formula is C20H27N3O4. The number of hydrogen-bond acceptors (Lipinski definition) is 4. The summed E-state index contributed by atoms with van der Waals surface area (Å²) in [7, 11) is 0. The van der Waals surface area contributed by atoms with E-state index in [1.807, 2.05) is 29.7 Å². The molecule has 2 bridgehead atoms. The van der Waals surface area contributed by atoms with Crippen LogP contribution in [0.3, 0.4) is 0 Å². The number of fused-ring (bicyclic) bond motifs is 4. The second-order valence-corrected chi connectivity index (χ2v) is 8.22. The monoisotopic (exact) mass is 373 g/mol. The number of hydrogen-bond donors (Lipinski definition) is 0. The van der Waals surface area contributed by atoms with Crippen molar-refractivity contribution in [3.63, 3.8) is 0 Å². The molecule has 1 aromatic rings. The molecule has 0 unspecified atom stereocenters. The highest BCUT2D eigenvalue weighted by atomic mass is 16.5. The molecule has 27 heavy (non-hydrogen) atoms. The number of nitrogens with zero attached hydrogens (tertiary/aromatic N) is 3. The molecule has 4 heterocycles. The molecule has 0 spiro atoms. The van der Waals surface area contributed by atoms with Crippen molar-refractivity contribution in [3.05, 3.63) is 34.2 Å². The van der Waals surface area contributed by atoms with Crippen LogP contribution in [0.25, 0.3) is 0 Å². The Balaban J connectivity index is 1.74. The van der Waals surface area contributed by atoms with E-state index in [0.717, 1.165) is 12.1 Å². The lowest BCUT2D eigenvalue weighted by atomic mass is 9.78. The van der Waals surface area contributed by atoms with E-state index in [-0.39, 0.29) is 41.4 Å². The van der Waals surface area contributed by atoms with Crippen LogP contribution in [0.5, 0.6) is 0 Å². The molecule has 2 fully saturated rings. The molecule has 2 saturated heterocycles. The van der Waals surface area contributed by atoms with Crippen LogP contribution in [-0.4, -0.2) is 64.6 Å². The number of morpholine rings is 1. The summed E-state index contributed by atoms with van der Waals surface area (Å²) in [6.45, 7) is 7.70. The molecule has 3 aliphatic heterocycles. The quantitative estimate of drug-likeness (QED) is 0.736. The third-order valence-electron chi connectivity index (χ3n) is 6.08. The Morgan fingerprint density at radius 2 is 1.74 bits per heavy atom. The van der Waals surface area contributed by atoms with E-state index < -0.39 is 6.04 Å². The van der Waals surface area contributed by atoms with Gasteiger partial charge in [0.15, 0.2) is 0 Å². The van der Waals surface area contributed by atoms with Gasteiger partial charge < -0.3 is 14.5 Å². The highest BCUT2D eigenvalue weighted by Crippen LogP contribution is 2.42. The number of pyridine rings is 1. The lowest BCUT2D eigenvalue weighted by Crippen LogP contribution is -2.57. The van der Waals surface area contributed by atoms with Crippen LogP contribution in [0, 0.1) is 5.92 Å². The molecule has 0 N–H and O–H groups in total. The van der Waals surface area contributed by atoms with Crippen molar-refractivity contribution in [2.75, 3.05) is 26.2 Å². The second kappa shape index (κ2) is 6.78. The van der Waals surface area contributed by atoms with Gasteiger partial charge in [0.05, 0.1) is 12.2 Å². The third-order valence-corrected chi connectivity index (χ3v) is 6.08. The van der Waals surface area contributed by atoms with Crippen LogP contribution in [-0.2, 0) is 14.3 Å². The molecule has 2 amide bonds. The highest BCUT2D eigenvalue weighted by Gasteiger charge is 2.46. The molecule has 0 saturated carbocycles. The Morgan fingerprint density at radius 3 is 2.41 bits per heavy atom. The number of likely N-dealkylation sites (tertiary alicyclic amines) is 1. The number of piperidine rings is 1. The molecule has 146 valence electrons. The highest BCUT2D eigenvalue weighted by molar-refractivity contribution is 5.82. The molecule has 0 radical (unpaired) electrons. The van der Waals surface area contributed by atoms with Gasteiger partial charge in [0.2, 0.25) is 11.8 Å².